The minimum atomic E-state index is -0.498. The van der Waals surface area contributed by atoms with E-state index in [1.807, 2.05) is 58.1 Å². The van der Waals surface area contributed by atoms with Crippen molar-refractivity contribution in [1.29, 1.82) is 0 Å². The molecule has 0 unspecified atom stereocenters. The van der Waals surface area contributed by atoms with Crippen LogP contribution in [0.15, 0.2) is 55.3 Å². The lowest BCUT2D eigenvalue weighted by Gasteiger charge is -2.26. The first-order valence-electron chi connectivity index (χ1n) is 15.2. The van der Waals surface area contributed by atoms with Crippen molar-refractivity contribution < 1.29 is 19.1 Å². The van der Waals surface area contributed by atoms with Crippen LogP contribution in [0.25, 0.3) is 10.9 Å². The number of hydrogen-bond donors (Lipinski definition) is 2. The van der Waals surface area contributed by atoms with Crippen LogP contribution in [0.2, 0.25) is 0 Å². The third-order valence-corrected chi connectivity index (χ3v) is 7.93. The smallest absolute Gasteiger partial charge is 0.343 e. The molecule has 3 heterocycles. The summed E-state index contributed by atoms with van der Waals surface area (Å²) < 4.78 is 13.6. The average Bonchev–Trinajstić information content (AvgIpc) is 3.59. The second-order valence-corrected chi connectivity index (χ2v) is 11.8. The van der Waals surface area contributed by atoms with Crippen molar-refractivity contribution >= 4 is 57.3 Å². The third kappa shape index (κ3) is 6.47. The van der Waals surface area contributed by atoms with Crippen LogP contribution in [-0.4, -0.2) is 85.3 Å². The molecule has 0 aliphatic carbocycles. The number of esters is 1. The molecule has 2 aromatic heterocycles. The summed E-state index contributed by atoms with van der Waals surface area (Å²) in [5.74, 6) is 0.372. The number of rotatable bonds is 12. The fraction of sp³-hybridized carbons (Fsp3) is 0.353. The second kappa shape index (κ2) is 13.5. The second-order valence-electron chi connectivity index (χ2n) is 11.8. The topological polar surface area (TPSA) is 117 Å². The van der Waals surface area contributed by atoms with Crippen LogP contribution in [0.4, 0.5) is 34.5 Å². The van der Waals surface area contributed by atoms with E-state index in [9.17, 15) is 9.59 Å². The molecule has 0 radical (unpaired) electrons. The number of para-hydroxylation sites is 1. The number of aryl methyl sites for hydroxylation is 1. The summed E-state index contributed by atoms with van der Waals surface area (Å²) in [6, 6.07) is 11.8. The molecule has 5 rings (SSSR count). The summed E-state index contributed by atoms with van der Waals surface area (Å²) in [5.41, 5.74) is 5.41. The number of nitrogens with zero attached hydrogens (tertiary/aromatic N) is 6. The van der Waals surface area contributed by atoms with Gasteiger partial charge in [0.15, 0.2) is 5.82 Å². The van der Waals surface area contributed by atoms with Gasteiger partial charge in [-0.1, -0.05) is 24.8 Å². The van der Waals surface area contributed by atoms with Crippen LogP contribution in [0.5, 0.6) is 5.75 Å². The number of methoxy groups -OCH3 is 1. The largest absolute Gasteiger partial charge is 0.494 e. The van der Waals surface area contributed by atoms with Crippen LogP contribution in [0.3, 0.4) is 0 Å². The monoisotopic (exact) mass is 626 g/mol. The molecule has 0 saturated heterocycles. The lowest BCUT2D eigenvalue weighted by atomic mass is 10.2. The fourth-order valence-corrected chi connectivity index (χ4v) is 5.64. The number of ether oxygens (including phenoxy) is 2. The molecular formula is C34H42N8O4. The highest BCUT2D eigenvalue weighted by Crippen LogP contribution is 2.43. The number of fused-ring (bicyclic) bond motifs is 3. The molecule has 1 aliphatic rings. The lowest BCUT2D eigenvalue weighted by molar-refractivity contribution is -0.111. The lowest BCUT2D eigenvalue weighted by Crippen LogP contribution is -2.29. The van der Waals surface area contributed by atoms with E-state index in [1.54, 1.807) is 13.2 Å². The first-order chi connectivity index (χ1) is 22.0. The van der Waals surface area contributed by atoms with Crippen molar-refractivity contribution in [1.82, 2.24) is 19.4 Å². The number of amides is 1. The van der Waals surface area contributed by atoms with E-state index < -0.39 is 5.97 Å². The van der Waals surface area contributed by atoms with Crippen LogP contribution in [0, 0.1) is 0 Å². The Bertz CT molecular complexity index is 1780. The molecule has 12 heteroatoms. The van der Waals surface area contributed by atoms with Crippen molar-refractivity contribution in [2.24, 2.45) is 7.05 Å². The summed E-state index contributed by atoms with van der Waals surface area (Å²) in [7, 11) is 9.61. The number of hydrogen-bond acceptors (Lipinski definition) is 10. The molecule has 0 spiro atoms. The van der Waals surface area contributed by atoms with E-state index in [2.05, 4.69) is 55.7 Å². The van der Waals surface area contributed by atoms with Crippen LogP contribution in [-0.2, 0) is 23.0 Å². The zero-order valence-corrected chi connectivity index (χ0v) is 27.5. The minimum Gasteiger partial charge on any atom is -0.494 e. The predicted octanol–water partition coefficient (Wildman–Crippen LogP) is 5.10. The van der Waals surface area contributed by atoms with Gasteiger partial charge in [0.25, 0.3) is 0 Å². The van der Waals surface area contributed by atoms with Crippen molar-refractivity contribution in [2.75, 3.05) is 68.3 Å². The number of nitrogens with one attached hydrogen (secondary N) is 2. The van der Waals surface area contributed by atoms with Gasteiger partial charge in [0.05, 0.1) is 41.5 Å². The van der Waals surface area contributed by atoms with Gasteiger partial charge in [-0.2, -0.15) is 4.98 Å². The first kappa shape index (κ1) is 32.3. The summed E-state index contributed by atoms with van der Waals surface area (Å²) in [4.78, 5) is 41.4. The van der Waals surface area contributed by atoms with Crippen molar-refractivity contribution in [3.63, 3.8) is 0 Å². The Kier molecular flexibility index (Phi) is 9.47. The van der Waals surface area contributed by atoms with Crippen LogP contribution >= 0.6 is 0 Å². The highest BCUT2D eigenvalue weighted by atomic mass is 16.5. The van der Waals surface area contributed by atoms with Gasteiger partial charge in [0.2, 0.25) is 11.9 Å². The van der Waals surface area contributed by atoms with E-state index in [0.717, 1.165) is 40.9 Å². The molecule has 46 heavy (non-hydrogen) atoms. The van der Waals surface area contributed by atoms with Crippen molar-refractivity contribution in [3.8, 4) is 5.75 Å². The van der Waals surface area contributed by atoms with Crippen molar-refractivity contribution in [2.45, 2.75) is 26.4 Å². The predicted molar refractivity (Wildman–Crippen MR) is 183 cm³/mol. The highest BCUT2D eigenvalue weighted by molar-refractivity contribution is 6.03. The maximum Gasteiger partial charge on any atom is 0.343 e. The molecule has 0 bridgehead atoms. The maximum absolute atomic E-state index is 13.3. The Hall–Kier alpha value is -5.10. The standard InChI is InChI=1S/C34H42N8O4/c1-9-30(43)36-24-18-25(29(45-8)19-28(24)40(6)17-16-39(4)5)37-34-35-20-23(33(44)46-21(2)3)32(38-34)42-15-14-27-31(42)22-12-10-11-13-26(22)41(27)7/h9-13,18-21H,1,14-17H2,2-8H3,(H,36,43)(H,35,37,38). The van der Waals surface area contributed by atoms with Gasteiger partial charge in [-0.15, -0.1) is 0 Å². The Morgan fingerprint density at radius 3 is 2.59 bits per heavy atom. The molecule has 1 aliphatic heterocycles. The van der Waals surface area contributed by atoms with Gasteiger partial charge in [-0.3, -0.25) is 4.79 Å². The molecule has 12 nitrogen and oxygen atoms in total. The van der Waals surface area contributed by atoms with E-state index in [4.69, 9.17) is 14.5 Å². The normalized spacial score (nSPS) is 12.4. The van der Waals surface area contributed by atoms with Crippen LogP contribution < -0.4 is 25.2 Å². The average molecular weight is 627 g/mol. The number of likely N-dealkylation sites (N-methyl/N-ethyl adjacent to an activating group) is 2. The Labute approximate surface area is 269 Å². The Morgan fingerprint density at radius 1 is 1.13 bits per heavy atom. The maximum atomic E-state index is 13.3. The van der Waals surface area contributed by atoms with Gasteiger partial charge < -0.3 is 39.4 Å². The molecule has 0 atom stereocenters. The molecule has 0 fully saturated rings. The van der Waals surface area contributed by atoms with Gasteiger partial charge in [0, 0.05) is 63.5 Å². The highest BCUT2D eigenvalue weighted by Gasteiger charge is 2.32. The Balaban J connectivity index is 1.59. The van der Waals surface area contributed by atoms with E-state index >= 15 is 0 Å². The number of carbonyl (C=O) groups excluding carboxylic acids is 2. The van der Waals surface area contributed by atoms with Crippen LogP contribution in [0.1, 0.15) is 29.9 Å². The quantitative estimate of drug-likeness (QED) is 0.162. The number of anilines is 6. The van der Waals surface area contributed by atoms with Gasteiger partial charge in [-0.25, -0.2) is 9.78 Å². The summed E-state index contributed by atoms with van der Waals surface area (Å²) >= 11 is 0. The molecule has 2 N–H and O–H groups in total. The number of aromatic nitrogens is 3. The van der Waals surface area contributed by atoms with Crippen molar-refractivity contribution in [3.05, 3.63) is 66.5 Å². The zero-order chi connectivity index (χ0) is 33.1. The molecule has 0 saturated carbocycles. The number of carbonyl (C=O) groups is 2. The van der Waals surface area contributed by atoms with E-state index in [1.165, 1.54) is 12.3 Å². The SMILES string of the molecule is C=CC(=O)Nc1cc(Nc2ncc(C(=O)OC(C)C)c(N3CCc4c3c3ccccc3n4C)n2)c(OC)cc1N(C)CCN(C)C. The molecule has 4 aromatic rings. The third-order valence-electron chi connectivity index (χ3n) is 7.93. The van der Waals surface area contributed by atoms with E-state index in [-0.39, 0.29) is 23.5 Å². The zero-order valence-electron chi connectivity index (χ0n) is 27.5. The summed E-state index contributed by atoms with van der Waals surface area (Å²) in [5, 5.41) is 7.26. The van der Waals surface area contributed by atoms with E-state index in [0.29, 0.717) is 36.0 Å². The van der Waals surface area contributed by atoms with Gasteiger partial charge in [-0.05, 0) is 46.2 Å². The minimum absolute atomic E-state index is 0.248. The first-order valence-corrected chi connectivity index (χ1v) is 15.2. The molecule has 2 aromatic carbocycles. The van der Waals surface area contributed by atoms with Gasteiger partial charge >= 0.3 is 5.97 Å². The molecule has 1 amide bonds. The summed E-state index contributed by atoms with van der Waals surface area (Å²) in [6.45, 7) is 9.38. The Morgan fingerprint density at radius 2 is 1.89 bits per heavy atom. The number of benzene rings is 2. The summed E-state index contributed by atoms with van der Waals surface area (Å²) in [6.07, 6.45) is 3.19. The molecule has 242 valence electrons. The molecular weight excluding hydrogens is 584 g/mol. The fourth-order valence-electron chi connectivity index (χ4n) is 5.64. The van der Waals surface area contributed by atoms with Gasteiger partial charge in [0.1, 0.15) is 11.3 Å².